The van der Waals surface area contributed by atoms with Crippen molar-refractivity contribution in [2.45, 2.75) is 18.8 Å². The van der Waals surface area contributed by atoms with Crippen LogP contribution in [0.4, 0.5) is 0 Å². The SMILES string of the molecule is C1=CCC(c2ccc3c(c2)c2cc(-c4ccccc4)ccc2n3-c2ccc(Cc3ccc(-n4c5ccc(-c6ccccc6)cc5c5cc(-c6ccccc6)ccc54)cc3)cc2)C=C1. The van der Waals surface area contributed by atoms with Crippen molar-refractivity contribution >= 4 is 43.6 Å². The predicted molar refractivity (Wildman–Crippen MR) is 266 cm³/mol. The molecule has 2 nitrogen and oxygen atoms in total. The summed E-state index contributed by atoms with van der Waals surface area (Å²) in [5, 5.41) is 5.09. The van der Waals surface area contributed by atoms with Crippen LogP contribution >= 0.6 is 0 Å². The topological polar surface area (TPSA) is 9.86 Å². The molecular formula is C61H44N2. The van der Waals surface area contributed by atoms with Crippen LogP contribution in [0, 0.1) is 0 Å². The normalized spacial score (nSPS) is 13.7. The lowest BCUT2D eigenvalue weighted by molar-refractivity contribution is 0.855. The number of aromatic nitrogens is 2. The third-order valence-corrected chi connectivity index (χ3v) is 13.1. The molecule has 12 rings (SSSR count). The molecule has 2 heteroatoms. The number of nitrogens with zero attached hydrogens (tertiary/aromatic N) is 2. The number of hydrogen-bond donors (Lipinski definition) is 0. The molecule has 0 fully saturated rings. The van der Waals surface area contributed by atoms with Gasteiger partial charge in [-0.25, -0.2) is 0 Å². The van der Waals surface area contributed by atoms with Gasteiger partial charge in [0.05, 0.1) is 22.1 Å². The summed E-state index contributed by atoms with van der Waals surface area (Å²) in [5.41, 5.74) is 18.5. The van der Waals surface area contributed by atoms with Gasteiger partial charge in [0.15, 0.2) is 0 Å². The lowest BCUT2D eigenvalue weighted by atomic mass is 9.91. The van der Waals surface area contributed by atoms with E-state index in [0.717, 1.165) is 18.5 Å². The van der Waals surface area contributed by atoms with Gasteiger partial charge in [-0.3, -0.25) is 0 Å². The van der Waals surface area contributed by atoms with Gasteiger partial charge in [0.25, 0.3) is 0 Å². The number of allylic oxidation sites excluding steroid dienone is 4. The Labute approximate surface area is 368 Å². The zero-order valence-electron chi connectivity index (χ0n) is 34.9. The van der Waals surface area contributed by atoms with Crippen LogP contribution in [0.3, 0.4) is 0 Å². The second kappa shape index (κ2) is 15.5. The molecule has 0 radical (unpaired) electrons. The number of benzene rings is 9. The largest absolute Gasteiger partial charge is 0.309 e. The highest BCUT2D eigenvalue weighted by Gasteiger charge is 2.18. The van der Waals surface area contributed by atoms with Crippen molar-refractivity contribution in [2.75, 3.05) is 0 Å². The van der Waals surface area contributed by atoms with Gasteiger partial charge in [-0.05, 0) is 136 Å². The summed E-state index contributed by atoms with van der Waals surface area (Å²) in [6.07, 6.45) is 10.8. The van der Waals surface area contributed by atoms with Gasteiger partial charge in [0, 0.05) is 38.8 Å². The Morgan fingerprint density at radius 3 is 1.14 bits per heavy atom. The predicted octanol–water partition coefficient (Wildman–Crippen LogP) is 16.1. The van der Waals surface area contributed by atoms with Gasteiger partial charge < -0.3 is 9.13 Å². The maximum Gasteiger partial charge on any atom is 0.0541 e. The van der Waals surface area contributed by atoms with E-state index in [1.165, 1.54) is 99.4 Å². The Morgan fingerprint density at radius 1 is 0.349 bits per heavy atom. The monoisotopic (exact) mass is 804 g/mol. The van der Waals surface area contributed by atoms with E-state index in [2.05, 4.69) is 246 Å². The lowest BCUT2D eigenvalue weighted by Gasteiger charge is -2.14. The van der Waals surface area contributed by atoms with E-state index in [-0.39, 0.29) is 0 Å². The molecule has 0 aliphatic heterocycles. The fourth-order valence-corrected chi connectivity index (χ4v) is 9.87. The van der Waals surface area contributed by atoms with E-state index in [9.17, 15) is 0 Å². The molecule has 63 heavy (non-hydrogen) atoms. The minimum absolute atomic E-state index is 0.395. The van der Waals surface area contributed by atoms with E-state index in [0.29, 0.717) is 5.92 Å². The van der Waals surface area contributed by atoms with Gasteiger partial charge >= 0.3 is 0 Å². The average Bonchev–Trinajstić information content (AvgIpc) is 3.87. The molecule has 0 bridgehead atoms. The van der Waals surface area contributed by atoms with Crippen molar-refractivity contribution in [3.05, 3.63) is 253 Å². The molecule has 0 spiro atoms. The Kier molecular flexibility index (Phi) is 9.08. The van der Waals surface area contributed by atoms with Crippen LogP contribution < -0.4 is 0 Å². The van der Waals surface area contributed by atoms with Crippen molar-refractivity contribution in [2.24, 2.45) is 0 Å². The van der Waals surface area contributed by atoms with E-state index >= 15 is 0 Å². The Bertz CT molecular complexity index is 3420. The summed E-state index contributed by atoms with van der Waals surface area (Å²) in [5.74, 6) is 0.395. The molecule has 1 aliphatic rings. The van der Waals surface area contributed by atoms with Crippen molar-refractivity contribution in [3.8, 4) is 44.8 Å². The van der Waals surface area contributed by atoms with Crippen LogP contribution in [0.25, 0.3) is 88.4 Å². The molecule has 0 saturated heterocycles. The maximum atomic E-state index is 2.44. The molecule has 2 aromatic heterocycles. The highest BCUT2D eigenvalue weighted by Crippen LogP contribution is 2.39. The van der Waals surface area contributed by atoms with E-state index < -0.39 is 0 Å². The summed E-state index contributed by atoms with van der Waals surface area (Å²) in [4.78, 5) is 0. The molecule has 0 N–H and O–H groups in total. The molecule has 298 valence electrons. The minimum atomic E-state index is 0.395. The fourth-order valence-electron chi connectivity index (χ4n) is 9.87. The van der Waals surface area contributed by atoms with Gasteiger partial charge in [-0.1, -0.05) is 164 Å². The molecule has 1 atom stereocenters. The zero-order valence-corrected chi connectivity index (χ0v) is 34.9. The number of rotatable bonds is 8. The smallest absolute Gasteiger partial charge is 0.0541 e. The van der Waals surface area contributed by atoms with Gasteiger partial charge in [0.1, 0.15) is 0 Å². The second-order valence-electron chi connectivity index (χ2n) is 16.9. The first-order valence-electron chi connectivity index (χ1n) is 22.1. The van der Waals surface area contributed by atoms with Crippen LogP contribution in [0.15, 0.2) is 237 Å². The van der Waals surface area contributed by atoms with Crippen LogP contribution in [-0.4, -0.2) is 9.13 Å². The fraction of sp³-hybridized carbons (Fsp3) is 0.0492. The van der Waals surface area contributed by atoms with Crippen molar-refractivity contribution < 1.29 is 0 Å². The molecule has 1 aliphatic carbocycles. The van der Waals surface area contributed by atoms with E-state index in [1.807, 2.05) is 0 Å². The Morgan fingerprint density at radius 2 is 0.746 bits per heavy atom. The lowest BCUT2D eigenvalue weighted by Crippen LogP contribution is -1.98. The van der Waals surface area contributed by atoms with Crippen molar-refractivity contribution in [1.29, 1.82) is 0 Å². The Balaban J connectivity index is 0.878. The van der Waals surface area contributed by atoms with E-state index in [4.69, 9.17) is 0 Å². The third kappa shape index (κ3) is 6.68. The van der Waals surface area contributed by atoms with Gasteiger partial charge in [-0.2, -0.15) is 0 Å². The zero-order chi connectivity index (χ0) is 41.7. The van der Waals surface area contributed by atoms with Crippen LogP contribution in [0.1, 0.15) is 29.0 Å². The van der Waals surface area contributed by atoms with Gasteiger partial charge in [-0.15, -0.1) is 0 Å². The van der Waals surface area contributed by atoms with Crippen molar-refractivity contribution in [3.63, 3.8) is 0 Å². The summed E-state index contributed by atoms with van der Waals surface area (Å²) in [6, 6.07) is 78.3. The first-order chi connectivity index (χ1) is 31.2. The summed E-state index contributed by atoms with van der Waals surface area (Å²) >= 11 is 0. The van der Waals surface area contributed by atoms with E-state index in [1.54, 1.807) is 0 Å². The van der Waals surface area contributed by atoms with Crippen molar-refractivity contribution in [1.82, 2.24) is 9.13 Å². The molecule has 0 saturated carbocycles. The van der Waals surface area contributed by atoms with Crippen LogP contribution in [0.5, 0.6) is 0 Å². The summed E-state index contributed by atoms with van der Waals surface area (Å²) in [6.45, 7) is 0. The molecule has 9 aromatic carbocycles. The highest BCUT2D eigenvalue weighted by molar-refractivity contribution is 6.12. The molecule has 1 unspecified atom stereocenters. The molecule has 2 heterocycles. The molecule has 0 amide bonds. The second-order valence-corrected chi connectivity index (χ2v) is 16.9. The first-order valence-corrected chi connectivity index (χ1v) is 22.1. The number of hydrogen-bond acceptors (Lipinski definition) is 0. The van der Waals surface area contributed by atoms with Gasteiger partial charge in [0.2, 0.25) is 0 Å². The Hall–Kier alpha value is -7.94. The summed E-state index contributed by atoms with van der Waals surface area (Å²) < 4.78 is 4.86. The maximum absolute atomic E-state index is 2.44. The van der Waals surface area contributed by atoms with Crippen LogP contribution in [-0.2, 0) is 6.42 Å². The first kappa shape index (κ1) is 36.9. The average molecular weight is 805 g/mol. The summed E-state index contributed by atoms with van der Waals surface area (Å²) in [7, 11) is 0. The standard InChI is InChI=1S/C61H44N2/c1-5-13-44(14-6-1)48-25-33-58-54(38-48)55-39-49(45-15-7-2-8-16-45)26-34-59(55)62(58)52-29-21-42(22-30-52)37-43-23-31-53(32-24-43)63-60-35-27-50(46-17-9-3-10-18-46)40-56(60)57-41-51(28-36-61(57)63)47-19-11-4-12-20-47/h1-19,21-36,38-41,47H,20,37H2. The quantitative estimate of drug-likeness (QED) is 0.145. The van der Waals surface area contributed by atoms with Crippen LogP contribution in [0.2, 0.25) is 0 Å². The molecule has 11 aromatic rings. The highest BCUT2D eigenvalue weighted by atomic mass is 15.0. The minimum Gasteiger partial charge on any atom is -0.309 e. The molecular weight excluding hydrogens is 761 g/mol. The number of fused-ring (bicyclic) bond motifs is 6. The third-order valence-electron chi connectivity index (χ3n) is 13.1.